The number of anilines is 1. The molecule has 0 spiro atoms. The number of amides is 1. The summed E-state index contributed by atoms with van der Waals surface area (Å²) in [6, 6.07) is 15.5. The van der Waals surface area contributed by atoms with Crippen molar-refractivity contribution in [2.75, 3.05) is 19.0 Å². The van der Waals surface area contributed by atoms with Gasteiger partial charge in [-0.15, -0.1) is 0 Å². The van der Waals surface area contributed by atoms with Crippen molar-refractivity contribution >= 4 is 17.8 Å². The highest BCUT2D eigenvalue weighted by Gasteiger charge is 2.04. The fourth-order valence-corrected chi connectivity index (χ4v) is 2.11. The van der Waals surface area contributed by atoms with Crippen molar-refractivity contribution in [1.82, 2.24) is 5.43 Å². The Bertz CT molecular complexity index is 671. The van der Waals surface area contributed by atoms with Crippen molar-refractivity contribution in [2.45, 2.75) is 19.8 Å². The molecule has 4 nitrogen and oxygen atoms in total. The first-order chi connectivity index (χ1) is 11.0. The highest BCUT2D eigenvalue weighted by molar-refractivity contribution is 5.95. The van der Waals surface area contributed by atoms with Gasteiger partial charge in [-0.05, 0) is 41.3 Å². The Hall–Kier alpha value is -2.62. The van der Waals surface area contributed by atoms with Crippen molar-refractivity contribution in [3.05, 3.63) is 65.2 Å². The van der Waals surface area contributed by atoms with E-state index in [1.54, 1.807) is 18.3 Å². The van der Waals surface area contributed by atoms with E-state index >= 15 is 0 Å². The number of carbonyl (C=O) groups is 1. The molecule has 0 aliphatic carbocycles. The molecular weight excluding hydrogens is 286 g/mol. The third-order valence-electron chi connectivity index (χ3n) is 3.63. The maximum atomic E-state index is 12.0. The Kier molecular flexibility index (Phi) is 5.52. The molecule has 0 saturated carbocycles. The van der Waals surface area contributed by atoms with Crippen molar-refractivity contribution in [1.29, 1.82) is 0 Å². The summed E-state index contributed by atoms with van der Waals surface area (Å²) in [7, 11) is 3.92. The van der Waals surface area contributed by atoms with Crippen LogP contribution >= 0.6 is 0 Å². The number of nitrogens with zero attached hydrogens (tertiary/aromatic N) is 2. The molecular formula is C19H23N3O. The van der Waals surface area contributed by atoms with Crippen molar-refractivity contribution < 1.29 is 4.79 Å². The van der Waals surface area contributed by atoms with E-state index in [0.717, 1.165) is 11.3 Å². The monoisotopic (exact) mass is 309 g/mol. The second-order valence-electron chi connectivity index (χ2n) is 5.96. The summed E-state index contributed by atoms with van der Waals surface area (Å²) in [5.41, 5.74) is 6.43. The molecule has 23 heavy (non-hydrogen) atoms. The van der Waals surface area contributed by atoms with E-state index < -0.39 is 0 Å². The van der Waals surface area contributed by atoms with Gasteiger partial charge in [-0.3, -0.25) is 4.79 Å². The number of hydrazone groups is 1. The summed E-state index contributed by atoms with van der Waals surface area (Å²) in [5, 5.41) is 4.02. The van der Waals surface area contributed by atoms with Crippen LogP contribution in [0.15, 0.2) is 53.6 Å². The molecule has 1 amide bonds. The lowest BCUT2D eigenvalue weighted by atomic mass is 10.0. The van der Waals surface area contributed by atoms with Crippen LogP contribution in [0.1, 0.15) is 41.3 Å². The van der Waals surface area contributed by atoms with Gasteiger partial charge >= 0.3 is 0 Å². The van der Waals surface area contributed by atoms with Crippen molar-refractivity contribution in [2.24, 2.45) is 5.10 Å². The van der Waals surface area contributed by atoms with Gasteiger partial charge in [0.2, 0.25) is 0 Å². The molecule has 0 fully saturated rings. The average molecular weight is 309 g/mol. The lowest BCUT2D eigenvalue weighted by Gasteiger charge is -2.12. The first-order valence-electron chi connectivity index (χ1n) is 7.68. The molecule has 2 aromatic carbocycles. The van der Waals surface area contributed by atoms with E-state index in [1.807, 2.05) is 43.3 Å². The van der Waals surface area contributed by atoms with Gasteiger partial charge in [0.15, 0.2) is 0 Å². The van der Waals surface area contributed by atoms with Crippen LogP contribution in [0.2, 0.25) is 0 Å². The fraction of sp³-hybridized carbons (Fsp3) is 0.263. The minimum absolute atomic E-state index is 0.217. The van der Waals surface area contributed by atoms with Gasteiger partial charge in [0, 0.05) is 25.3 Å². The fourth-order valence-electron chi connectivity index (χ4n) is 2.11. The SMILES string of the molecule is CC(C)c1ccc(/C=N/NC(=O)c2ccc(N(C)C)cc2)cc1. The average Bonchev–Trinajstić information content (AvgIpc) is 2.55. The summed E-state index contributed by atoms with van der Waals surface area (Å²) in [6.07, 6.45) is 1.65. The molecule has 1 N–H and O–H groups in total. The second-order valence-corrected chi connectivity index (χ2v) is 5.96. The van der Waals surface area contributed by atoms with E-state index in [2.05, 4.69) is 36.5 Å². The van der Waals surface area contributed by atoms with Crippen molar-refractivity contribution in [3.8, 4) is 0 Å². The molecule has 0 unspecified atom stereocenters. The van der Waals surface area contributed by atoms with E-state index in [-0.39, 0.29) is 5.91 Å². The number of rotatable bonds is 5. The first kappa shape index (κ1) is 16.7. The lowest BCUT2D eigenvalue weighted by Crippen LogP contribution is -2.17. The van der Waals surface area contributed by atoms with Crippen LogP contribution in [0.3, 0.4) is 0 Å². The van der Waals surface area contributed by atoms with Crippen molar-refractivity contribution in [3.63, 3.8) is 0 Å². The Balaban J connectivity index is 1.95. The number of nitrogens with one attached hydrogen (secondary N) is 1. The molecule has 0 bridgehead atoms. The maximum Gasteiger partial charge on any atom is 0.271 e. The number of carbonyl (C=O) groups excluding carboxylic acids is 1. The Labute approximate surface area is 137 Å². The molecule has 2 aromatic rings. The van der Waals surface area contributed by atoms with Gasteiger partial charge in [0.1, 0.15) is 0 Å². The summed E-state index contributed by atoms with van der Waals surface area (Å²) >= 11 is 0. The predicted molar refractivity (Wildman–Crippen MR) is 96.4 cm³/mol. The minimum Gasteiger partial charge on any atom is -0.378 e. The van der Waals surface area contributed by atoms with Crippen LogP contribution < -0.4 is 10.3 Å². The Morgan fingerprint density at radius 1 is 1.04 bits per heavy atom. The summed E-state index contributed by atoms with van der Waals surface area (Å²) < 4.78 is 0. The van der Waals surface area contributed by atoms with E-state index in [9.17, 15) is 4.79 Å². The number of benzene rings is 2. The van der Waals surface area contributed by atoms with Gasteiger partial charge < -0.3 is 4.90 Å². The zero-order chi connectivity index (χ0) is 16.8. The normalized spacial score (nSPS) is 11.0. The molecule has 0 aliphatic heterocycles. The Morgan fingerprint density at radius 3 is 2.17 bits per heavy atom. The van der Waals surface area contributed by atoms with E-state index in [1.165, 1.54) is 5.56 Å². The van der Waals surface area contributed by atoms with Gasteiger partial charge in [-0.1, -0.05) is 38.1 Å². The quantitative estimate of drug-likeness (QED) is 0.677. The molecule has 0 radical (unpaired) electrons. The predicted octanol–water partition coefficient (Wildman–Crippen LogP) is 3.64. The minimum atomic E-state index is -0.217. The van der Waals surface area contributed by atoms with Crippen LogP contribution in [0.5, 0.6) is 0 Å². The topological polar surface area (TPSA) is 44.7 Å². The molecule has 0 saturated heterocycles. The van der Waals surface area contributed by atoms with Crippen LogP contribution in [-0.2, 0) is 0 Å². The number of hydrogen-bond acceptors (Lipinski definition) is 3. The third-order valence-corrected chi connectivity index (χ3v) is 3.63. The lowest BCUT2D eigenvalue weighted by molar-refractivity contribution is 0.0955. The maximum absolute atomic E-state index is 12.0. The zero-order valence-corrected chi connectivity index (χ0v) is 14.1. The zero-order valence-electron chi connectivity index (χ0n) is 14.1. The summed E-state index contributed by atoms with van der Waals surface area (Å²) in [5.74, 6) is 0.288. The highest BCUT2D eigenvalue weighted by Crippen LogP contribution is 2.14. The van der Waals surface area contributed by atoms with Crippen LogP contribution in [0.25, 0.3) is 0 Å². The second kappa shape index (κ2) is 7.58. The molecule has 120 valence electrons. The smallest absolute Gasteiger partial charge is 0.271 e. The Morgan fingerprint density at radius 2 is 1.65 bits per heavy atom. The largest absolute Gasteiger partial charge is 0.378 e. The van der Waals surface area contributed by atoms with Gasteiger partial charge in [-0.2, -0.15) is 5.10 Å². The van der Waals surface area contributed by atoms with Gasteiger partial charge in [0.25, 0.3) is 5.91 Å². The number of hydrogen-bond donors (Lipinski definition) is 1. The standard InChI is InChI=1S/C19H23N3O/c1-14(2)16-7-5-15(6-8-16)13-20-21-19(23)17-9-11-18(12-10-17)22(3)4/h5-14H,1-4H3,(H,21,23)/b20-13+. The van der Waals surface area contributed by atoms with Gasteiger partial charge in [0.05, 0.1) is 6.21 Å². The van der Waals surface area contributed by atoms with Crippen LogP contribution in [-0.4, -0.2) is 26.2 Å². The molecule has 4 heteroatoms. The van der Waals surface area contributed by atoms with Crippen LogP contribution in [0.4, 0.5) is 5.69 Å². The summed E-state index contributed by atoms with van der Waals surface area (Å²) in [4.78, 5) is 14.0. The molecule has 0 atom stereocenters. The van der Waals surface area contributed by atoms with Crippen LogP contribution in [0, 0.1) is 0 Å². The third kappa shape index (κ3) is 4.68. The van der Waals surface area contributed by atoms with E-state index in [4.69, 9.17) is 0 Å². The summed E-state index contributed by atoms with van der Waals surface area (Å²) in [6.45, 7) is 4.32. The molecule has 0 heterocycles. The van der Waals surface area contributed by atoms with E-state index in [0.29, 0.717) is 11.5 Å². The highest BCUT2D eigenvalue weighted by atomic mass is 16.2. The molecule has 0 aliphatic rings. The molecule has 0 aromatic heterocycles. The molecule has 2 rings (SSSR count). The van der Waals surface area contributed by atoms with Gasteiger partial charge in [-0.25, -0.2) is 5.43 Å². The first-order valence-corrected chi connectivity index (χ1v) is 7.68.